The van der Waals surface area contributed by atoms with Gasteiger partial charge in [0, 0.05) is 68.2 Å². The number of ether oxygens (including phenoxy) is 1. The predicted octanol–water partition coefficient (Wildman–Crippen LogP) is 5.90. The number of alkyl carbamates (subject to hydrolysis) is 1. The third-order valence-electron chi connectivity index (χ3n) is 12.9. The Bertz CT molecular complexity index is 2770. The molecule has 0 bridgehead atoms. The molecule has 0 saturated heterocycles. The molecule has 0 fully saturated rings. The molecule has 9 amide bonds. The number of hydrogen-bond donors (Lipinski definition) is 7. The molecule has 1 aliphatic heterocycles. The number of alkyl halides is 1. The fourth-order valence-corrected chi connectivity index (χ4v) is 8.73. The molecule has 2 heterocycles. The topological polar surface area (TPSA) is 282 Å². The van der Waals surface area contributed by atoms with E-state index in [-0.39, 0.29) is 87.5 Å². The summed E-state index contributed by atoms with van der Waals surface area (Å²) < 4.78 is 50.7. The molecule has 23 heteroatoms. The highest BCUT2D eigenvalue weighted by atomic mass is 19.1. The zero-order valence-corrected chi connectivity index (χ0v) is 45.2. The normalized spacial score (nSPS) is 13.8. The van der Waals surface area contributed by atoms with Crippen molar-refractivity contribution in [1.82, 2.24) is 40.6 Å². The highest BCUT2D eigenvalue weighted by Gasteiger charge is 2.39. The number of nitrogens with two attached hydrogens (primary N) is 2. The summed E-state index contributed by atoms with van der Waals surface area (Å²) in [6.45, 7) is 7.94. The van der Waals surface area contributed by atoms with Gasteiger partial charge in [-0.15, -0.1) is 0 Å². The third-order valence-corrected chi connectivity index (χ3v) is 12.9. The van der Waals surface area contributed by atoms with Gasteiger partial charge < -0.3 is 52.3 Å². The summed E-state index contributed by atoms with van der Waals surface area (Å²) in [5.41, 5.74) is 12.1. The maximum Gasteiger partial charge on any atom is 0.407 e. The van der Waals surface area contributed by atoms with E-state index in [0.29, 0.717) is 36.3 Å². The van der Waals surface area contributed by atoms with Crippen LogP contribution in [0.2, 0.25) is 0 Å². The van der Waals surface area contributed by atoms with Crippen molar-refractivity contribution in [3.63, 3.8) is 0 Å². The van der Waals surface area contributed by atoms with Crippen LogP contribution in [0.4, 0.5) is 28.4 Å². The van der Waals surface area contributed by atoms with Gasteiger partial charge in [-0.05, 0) is 84.9 Å². The zero-order chi connectivity index (χ0) is 57.8. The number of primary amides is 1. The molecule has 79 heavy (non-hydrogen) atoms. The summed E-state index contributed by atoms with van der Waals surface area (Å²) in [6.07, 6.45) is 5.01. The van der Waals surface area contributed by atoms with E-state index in [2.05, 4.69) is 26.6 Å². The number of carbonyl (C=O) groups excluding carboxylic acids is 8. The quantitative estimate of drug-likeness (QED) is 0.0248. The van der Waals surface area contributed by atoms with Crippen LogP contribution in [0, 0.1) is 23.0 Å². The lowest BCUT2D eigenvalue weighted by atomic mass is 9.84. The molecule has 1 aromatic heterocycles. The van der Waals surface area contributed by atoms with E-state index in [9.17, 15) is 47.1 Å². The Morgan fingerprint density at radius 2 is 1.52 bits per heavy atom. The number of rotatable bonds is 29. The van der Waals surface area contributed by atoms with E-state index in [4.69, 9.17) is 21.2 Å². The number of imide groups is 1. The van der Waals surface area contributed by atoms with Crippen LogP contribution >= 0.6 is 0 Å². The van der Waals surface area contributed by atoms with Crippen LogP contribution in [-0.2, 0) is 46.7 Å². The summed E-state index contributed by atoms with van der Waals surface area (Å²) in [5, 5.41) is 13.2. The largest absolute Gasteiger partial charge is 0.445 e. The Labute approximate surface area is 457 Å². The van der Waals surface area contributed by atoms with Gasteiger partial charge in [0.1, 0.15) is 49.4 Å². The van der Waals surface area contributed by atoms with Gasteiger partial charge in [-0.25, -0.2) is 27.7 Å². The first-order valence-electron chi connectivity index (χ1n) is 26.2. The molecule has 0 radical (unpaired) electrons. The molecular formula is C56H72F3N11O9. The fraction of sp³-hybridized carbons (Fsp3) is 0.446. The van der Waals surface area contributed by atoms with Crippen LogP contribution in [0.15, 0.2) is 91.1 Å². The number of anilines is 1. The van der Waals surface area contributed by atoms with Crippen LogP contribution in [0.5, 0.6) is 0 Å². The van der Waals surface area contributed by atoms with Crippen molar-refractivity contribution in [3.8, 4) is 11.3 Å². The first kappa shape index (κ1) is 61.8. The number of imidazole rings is 1. The summed E-state index contributed by atoms with van der Waals surface area (Å²) in [5.74, 6) is -4.38. The van der Waals surface area contributed by atoms with E-state index < -0.39 is 90.2 Å². The highest BCUT2D eigenvalue weighted by molar-refractivity contribution is 6.12. The van der Waals surface area contributed by atoms with Gasteiger partial charge in [-0.3, -0.25) is 33.7 Å². The number of carbonyl (C=O) groups is 8. The second kappa shape index (κ2) is 29.6. The highest BCUT2D eigenvalue weighted by Crippen LogP contribution is 2.40. The van der Waals surface area contributed by atoms with E-state index in [1.807, 2.05) is 51.1 Å². The maximum absolute atomic E-state index is 15.2. The SMILES string of the molecule is CC(C)[C@H](NC(=O)CCCCCN1C(=O)C=CC1=O)C(=O)N[C@@H](CCCNC(N)=O)C(=O)Nc1ccc(COC(=O)NCC(=O)N(CC[C@H](N)CF)[C@@H](c2nc(-c3cc(F)ccc3F)cn2Cc2ccccc2)C(C)(C)C)cc1. The monoisotopic (exact) mass is 1100 g/mol. The molecule has 0 unspecified atom stereocenters. The van der Waals surface area contributed by atoms with Crippen LogP contribution in [0.3, 0.4) is 0 Å². The molecule has 0 aliphatic carbocycles. The van der Waals surface area contributed by atoms with Gasteiger partial charge in [0.05, 0.1) is 11.7 Å². The minimum absolute atomic E-state index is 0.0426. The van der Waals surface area contributed by atoms with E-state index >= 15 is 4.39 Å². The Balaban J connectivity index is 1.21. The molecule has 5 rings (SSSR count). The number of hydrogen-bond acceptors (Lipinski definition) is 11. The minimum atomic E-state index is -1.12. The van der Waals surface area contributed by atoms with Crippen molar-refractivity contribution in [2.45, 2.75) is 117 Å². The molecule has 4 aromatic rings. The molecule has 1 aliphatic rings. The molecule has 4 atom stereocenters. The number of unbranched alkanes of at least 4 members (excludes halogenated alkanes) is 2. The fourth-order valence-electron chi connectivity index (χ4n) is 8.73. The predicted molar refractivity (Wildman–Crippen MR) is 289 cm³/mol. The van der Waals surface area contributed by atoms with Crippen molar-refractivity contribution in [2.75, 3.05) is 38.2 Å². The number of benzene rings is 3. The number of nitrogens with one attached hydrogen (secondary N) is 5. The van der Waals surface area contributed by atoms with Crippen LogP contribution in [0.25, 0.3) is 11.3 Å². The molecular weight excluding hydrogens is 1030 g/mol. The molecule has 0 spiro atoms. The van der Waals surface area contributed by atoms with E-state index in [1.165, 1.54) is 17.1 Å². The second-order valence-electron chi connectivity index (χ2n) is 20.7. The summed E-state index contributed by atoms with van der Waals surface area (Å²) >= 11 is 0. The maximum atomic E-state index is 15.2. The number of amides is 9. The Morgan fingerprint density at radius 1 is 0.823 bits per heavy atom. The second-order valence-corrected chi connectivity index (χ2v) is 20.7. The molecule has 20 nitrogen and oxygen atoms in total. The molecule has 9 N–H and O–H groups in total. The number of nitrogens with zero attached hydrogens (tertiary/aromatic N) is 4. The Morgan fingerprint density at radius 3 is 2.16 bits per heavy atom. The van der Waals surface area contributed by atoms with Crippen molar-refractivity contribution >= 4 is 53.3 Å². The smallest absolute Gasteiger partial charge is 0.407 e. The lowest BCUT2D eigenvalue weighted by Crippen LogP contribution is -2.54. The number of aromatic nitrogens is 2. The standard InChI is InChI=1S/C56H72F3N11O9/c1-35(2)49(67-45(71)16-10-7-11-27-69-46(72)23-24-47(69)73)53(76)66-43(15-12-26-62-54(61)77)52(75)64-40-20-17-37(18-21-40)34-79-55(78)63-31-48(74)70(28-25-39(60)30-57)50(56(3,4)5)51-65-44(41-29-38(58)19-22-42(41)59)33-68(51)32-36-13-8-6-9-14-36/h6,8-9,13-14,17-24,29,33,35,39,43,49-50H,7,10-12,15-16,25-28,30-32,34,60H2,1-5H3,(H,63,78)(H,64,75)(H,66,76)(H,67,71)(H3,61,62,77)/t39-,43-,49-,50-/m0/s1. The summed E-state index contributed by atoms with van der Waals surface area (Å²) in [4.78, 5) is 110. The zero-order valence-electron chi connectivity index (χ0n) is 45.2. The number of halogens is 3. The Kier molecular flexibility index (Phi) is 23.1. The van der Waals surface area contributed by atoms with Crippen molar-refractivity contribution in [2.24, 2.45) is 22.8 Å². The van der Waals surface area contributed by atoms with Crippen LogP contribution < -0.4 is 38.1 Å². The first-order valence-corrected chi connectivity index (χ1v) is 26.2. The average molecular weight is 1100 g/mol. The molecule has 426 valence electrons. The van der Waals surface area contributed by atoms with Gasteiger partial charge in [-0.2, -0.15) is 0 Å². The Hall–Kier alpha value is -8.08. The van der Waals surface area contributed by atoms with Gasteiger partial charge in [0.15, 0.2) is 0 Å². The molecule has 0 saturated carbocycles. The lowest BCUT2D eigenvalue weighted by molar-refractivity contribution is -0.137. The van der Waals surface area contributed by atoms with Crippen molar-refractivity contribution in [1.29, 1.82) is 0 Å². The summed E-state index contributed by atoms with van der Waals surface area (Å²) in [7, 11) is 0. The molecule has 3 aromatic carbocycles. The van der Waals surface area contributed by atoms with E-state index in [1.54, 1.807) is 48.9 Å². The average Bonchev–Trinajstić information content (AvgIpc) is 4.15. The van der Waals surface area contributed by atoms with Crippen molar-refractivity contribution < 1.29 is 56.3 Å². The van der Waals surface area contributed by atoms with Gasteiger partial charge in [0.2, 0.25) is 23.6 Å². The number of urea groups is 1. The summed E-state index contributed by atoms with van der Waals surface area (Å²) in [6, 6.07) is 13.9. The van der Waals surface area contributed by atoms with Gasteiger partial charge in [-0.1, -0.05) is 83.5 Å². The van der Waals surface area contributed by atoms with Crippen LogP contribution in [0.1, 0.15) is 103 Å². The van der Waals surface area contributed by atoms with Crippen LogP contribution in [-0.4, -0.2) is 118 Å². The van der Waals surface area contributed by atoms with Gasteiger partial charge in [0.25, 0.3) is 11.8 Å². The first-order chi connectivity index (χ1) is 37.5. The lowest BCUT2D eigenvalue weighted by Gasteiger charge is -2.40. The third kappa shape index (κ3) is 19.1. The van der Waals surface area contributed by atoms with Gasteiger partial charge >= 0.3 is 12.1 Å². The van der Waals surface area contributed by atoms with E-state index in [0.717, 1.165) is 28.7 Å². The minimum Gasteiger partial charge on any atom is -0.445 e. The van der Waals surface area contributed by atoms with Crippen molar-refractivity contribution in [3.05, 3.63) is 120 Å².